The van der Waals surface area contributed by atoms with Crippen molar-refractivity contribution < 1.29 is 4.79 Å². The van der Waals surface area contributed by atoms with Crippen molar-refractivity contribution in [1.82, 2.24) is 14.9 Å². The summed E-state index contributed by atoms with van der Waals surface area (Å²) in [5.74, 6) is -0.209. The first-order valence-corrected chi connectivity index (χ1v) is 10.9. The Labute approximate surface area is 178 Å². The first kappa shape index (κ1) is 20.5. The fraction of sp³-hybridized carbons (Fsp3) is 0.417. The lowest BCUT2D eigenvalue weighted by atomic mass is 9.92. The third-order valence-electron chi connectivity index (χ3n) is 6.13. The van der Waals surface area contributed by atoms with E-state index < -0.39 is 0 Å². The molecule has 0 bridgehead atoms. The highest BCUT2D eigenvalue weighted by Gasteiger charge is 2.21. The minimum absolute atomic E-state index is 0.135. The molecule has 2 radical (unpaired) electrons. The number of fused-ring (bicyclic) bond motifs is 1. The number of rotatable bonds is 6. The number of hydrogen-bond donors (Lipinski definition) is 2. The summed E-state index contributed by atoms with van der Waals surface area (Å²) >= 11 is 0. The average Bonchev–Trinajstić information content (AvgIpc) is 3.36. The lowest BCUT2D eigenvalue weighted by molar-refractivity contribution is 0.0952. The fourth-order valence-electron chi connectivity index (χ4n) is 4.71. The van der Waals surface area contributed by atoms with Crippen LogP contribution < -0.4 is 16.3 Å². The Morgan fingerprint density at radius 1 is 1.27 bits per heavy atom. The van der Waals surface area contributed by atoms with E-state index in [0.717, 1.165) is 47.8 Å². The lowest BCUT2D eigenvalue weighted by Gasteiger charge is -2.15. The van der Waals surface area contributed by atoms with Gasteiger partial charge < -0.3 is 14.9 Å². The number of pyridine rings is 1. The highest BCUT2D eigenvalue weighted by atomic mass is 16.1. The minimum atomic E-state index is -0.209. The number of nitrogens with one attached hydrogen (secondary N) is 2. The third kappa shape index (κ3) is 3.96. The van der Waals surface area contributed by atoms with Crippen LogP contribution in [0.3, 0.4) is 0 Å². The van der Waals surface area contributed by atoms with Crippen LogP contribution >= 0.6 is 0 Å². The Morgan fingerprint density at radius 3 is 2.77 bits per heavy atom. The largest absolute Gasteiger partial charge is 0.348 e. The van der Waals surface area contributed by atoms with Gasteiger partial charge >= 0.3 is 0 Å². The molecule has 2 heterocycles. The number of hydrogen-bond acceptors (Lipinski definition) is 2. The molecular weight excluding hydrogens is 373 g/mol. The molecule has 1 aromatic carbocycles. The maximum absolute atomic E-state index is 13.1. The van der Waals surface area contributed by atoms with Gasteiger partial charge in [-0.3, -0.25) is 9.59 Å². The molecule has 0 aliphatic heterocycles. The predicted molar refractivity (Wildman–Crippen MR) is 122 cm³/mol. The summed E-state index contributed by atoms with van der Waals surface area (Å²) in [6, 6.07) is 8.15. The van der Waals surface area contributed by atoms with Crippen molar-refractivity contribution in [2.75, 3.05) is 0 Å². The van der Waals surface area contributed by atoms with Gasteiger partial charge in [0.25, 0.3) is 11.5 Å². The second kappa shape index (κ2) is 8.54. The van der Waals surface area contributed by atoms with Crippen LogP contribution in [0.25, 0.3) is 10.9 Å². The van der Waals surface area contributed by atoms with Crippen molar-refractivity contribution in [3.05, 3.63) is 63.2 Å². The molecule has 30 heavy (non-hydrogen) atoms. The number of aromatic nitrogens is 2. The summed E-state index contributed by atoms with van der Waals surface area (Å²) in [5, 5.41) is 3.85. The Morgan fingerprint density at radius 2 is 2.03 bits per heavy atom. The minimum Gasteiger partial charge on any atom is -0.348 e. The zero-order chi connectivity index (χ0) is 21.3. The Bertz CT molecular complexity index is 1140. The topological polar surface area (TPSA) is 66.9 Å². The van der Waals surface area contributed by atoms with Gasteiger partial charge in [0.05, 0.1) is 0 Å². The SMILES string of the molecule is [B]c1cc(C(=O)NCc2c(CCC)cc(C)[nH]c2=O)c2ccn(C3CCCC3)c2c1. The molecule has 0 spiro atoms. The zero-order valence-corrected chi connectivity index (χ0v) is 17.8. The molecule has 154 valence electrons. The molecule has 5 nitrogen and oxygen atoms in total. The third-order valence-corrected chi connectivity index (χ3v) is 6.13. The molecule has 1 aliphatic rings. The summed E-state index contributed by atoms with van der Waals surface area (Å²) in [4.78, 5) is 28.4. The molecular formula is C24H28BN3O2. The van der Waals surface area contributed by atoms with Gasteiger partial charge in [0, 0.05) is 46.5 Å². The average molecular weight is 401 g/mol. The van der Waals surface area contributed by atoms with Crippen molar-refractivity contribution >= 4 is 30.1 Å². The van der Waals surface area contributed by atoms with Crippen LogP contribution in [0, 0.1) is 6.92 Å². The van der Waals surface area contributed by atoms with Crippen molar-refractivity contribution in [2.24, 2.45) is 0 Å². The van der Waals surface area contributed by atoms with Gasteiger partial charge in [-0.1, -0.05) is 37.7 Å². The van der Waals surface area contributed by atoms with Gasteiger partial charge in [0.2, 0.25) is 0 Å². The first-order valence-electron chi connectivity index (χ1n) is 10.9. The van der Waals surface area contributed by atoms with E-state index in [0.29, 0.717) is 22.6 Å². The Hall–Kier alpha value is -2.76. The molecule has 0 saturated heterocycles. The number of carbonyl (C=O) groups is 1. The monoisotopic (exact) mass is 401 g/mol. The van der Waals surface area contributed by atoms with Crippen LogP contribution in [0.5, 0.6) is 0 Å². The van der Waals surface area contributed by atoms with Crippen LogP contribution in [0.15, 0.2) is 35.3 Å². The quantitative estimate of drug-likeness (QED) is 0.622. The molecule has 3 aromatic rings. The number of aromatic amines is 1. The molecule has 1 saturated carbocycles. The van der Waals surface area contributed by atoms with Crippen LogP contribution in [0.1, 0.15) is 72.2 Å². The summed E-state index contributed by atoms with van der Waals surface area (Å²) < 4.78 is 2.26. The van der Waals surface area contributed by atoms with Crippen LogP contribution in [-0.2, 0) is 13.0 Å². The van der Waals surface area contributed by atoms with Gasteiger partial charge in [0.15, 0.2) is 0 Å². The van der Waals surface area contributed by atoms with E-state index >= 15 is 0 Å². The number of amides is 1. The maximum atomic E-state index is 13.1. The highest BCUT2D eigenvalue weighted by molar-refractivity contribution is 6.34. The molecule has 2 N–H and O–H groups in total. The molecule has 6 heteroatoms. The molecule has 1 amide bonds. The summed E-state index contributed by atoms with van der Waals surface area (Å²) in [6.45, 7) is 4.15. The van der Waals surface area contributed by atoms with Gasteiger partial charge in [-0.05, 0) is 49.9 Å². The number of aryl methyl sites for hydroxylation is 2. The predicted octanol–water partition coefficient (Wildman–Crippen LogP) is 3.43. The van der Waals surface area contributed by atoms with E-state index in [1.807, 2.05) is 25.1 Å². The zero-order valence-electron chi connectivity index (χ0n) is 17.8. The number of benzene rings is 1. The summed E-state index contributed by atoms with van der Waals surface area (Å²) in [6.07, 6.45) is 8.63. The van der Waals surface area contributed by atoms with Gasteiger partial charge in [-0.15, -0.1) is 0 Å². The Balaban J connectivity index is 1.62. The van der Waals surface area contributed by atoms with E-state index in [9.17, 15) is 9.59 Å². The van der Waals surface area contributed by atoms with Gasteiger partial charge in [0.1, 0.15) is 7.85 Å². The van der Waals surface area contributed by atoms with Crippen molar-refractivity contribution in [2.45, 2.75) is 65.0 Å². The van der Waals surface area contributed by atoms with Crippen LogP contribution in [-0.4, -0.2) is 23.3 Å². The van der Waals surface area contributed by atoms with Crippen LogP contribution in [0.4, 0.5) is 0 Å². The van der Waals surface area contributed by atoms with Crippen molar-refractivity contribution in [3.63, 3.8) is 0 Å². The molecule has 1 aliphatic carbocycles. The number of carbonyl (C=O) groups excluding carboxylic acids is 1. The molecule has 1 fully saturated rings. The molecule has 0 atom stereocenters. The second-order valence-corrected chi connectivity index (χ2v) is 8.38. The van der Waals surface area contributed by atoms with Crippen molar-refractivity contribution in [3.8, 4) is 0 Å². The lowest BCUT2D eigenvalue weighted by Crippen LogP contribution is -2.29. The van der Waals surface area contributed by atoms with E-state index in [4.69, 9.17) is 7.85 Å². The van der Waals surface area contributed by atoms with E-state index in [1.165, 1.54) is 12.8 Å². The highest BCUT2D eigenvalue weighted by Crippen LogP contribution is 2.33. The summed E-state index contributed by atoms with van der Waals surface area (Å²) in [5.41, 5.74) is 4.46. The molecule has 4 rings (SSSR count). The second-order valence-electron chi connectivity index (χ2n) is 8.38. The first-order chi connectivity index (χ1) is 14.5. The smallest absolute Gasteiger partial charge is 0.253 e. The summed E-state index contributed by atoms with van der Waals surface area (Å²) in [7, 11) is 6.15. The maximum Gasteiger partial charge on any atom is 0.253 e. The van der Waals surface area contributed by atoms with E-state index in [2.05, 4.69) is 28.0 Å². The Kier molecular flexibility index (Phi) is 5.84. The standard InChI is InChI=1S/C24H28BN3O2/c1-3-6-16-11-15(2)27-24(30)21(16)14-26-23(29)20-12-17(25)13-22-19(20)9-10-28(22)18-7-4-5-8-18/h9-13,18H,3-8,14H2,1-2H3,(H,26,29)(H,27,30). The molecule has 0 unspecified atom stereocenters. The number of H-pyrrole nitrogens is 1. The van der Waals surface area contributed by atoms with Crippen molar-refractivity contribution in [1.29, 1.82) is 0 Å². The van der Waals surface area contributed by atoms with Crippen LogP contribution in [0.2, 0.25) is 0 Å². The molecule has 2 aromatic heterocycles. The van der Waals surface area contributed by atoms with Gasteiger partial charge in [-0.25, -0.2) is 0 Å². The normalized spacial score (nSPS) is 14.5. The van der Waals surface area contributed by atoms with Gasteiger partial charge in [-0.2, -0.15) is 0 Å². The van der Waals surface area contributed by atoms with E-state index in [-0.39, 0.29) is 18.0 Å². The van der Waals surface area contributed by atoms with E-state index in [1.54, 1.807) is 6.07 Å². The number of nitrogens with zero attached hydrogens (tertiary/aromatic N) is 1. The fourth-order valence-corrected chi connectivity index (χ4v) is 4.71.